The van der Waals surface area contributed by atoms with E-state index in [1.807, 2.05) is 24.3 Å². The smallest absolute Gasteiger partial charge is 0.273 e. The number of fused-ring (bicyclic) bond motifs is 1. The SMILES string of the molecule is CCc1ccc(NC(=O)Cn2cnc3nc(N4CCCC(C)C4)sc3c2=O)cc1. The average Bonchev–Trinajstić information content (AvgIpc) is 3.16. The molecule has 7 nitrogen and oxygen atoms in total. The molecule has 1 aliphatic rings. The molecule has 1 N–H and O–H groups in total. The first-order chi connectivity index (χ1) is 14.0. The fraction of sp³-hybridized carbons (Fsp3) is 0.429. The van der Waals surface area contributed by atoms with Crippen LogP contribution in [0.5, 0.6) is 0 Å². The molecule has 29 heavy (non-hydrogen) atoms. The highest BCUT2D eigenvalue weighted by molar-refractivity contribution is 7.22. The van der Waals surface area contributed by atoms with Crippen LogP contribution >= 0.6 is 11.3 Å². The van der Waals surface area contributed by atoms with E-state index in [0.717, 1.165) is 31.1 Å². The van der Waals surface area contributed by atoms with E-state index in [-0.39, 0.29) is 18.0 Å². The highest BCUT2D eigenvalue weighted by Gasteiger charge is 2.21. The quantitative estimate of drug-likeness (QED) is 0.697. The van der Waals surface area contributed by atoms with Crippen LogP contribution in [0.25, 0.3) is 10.3 Å². The van der Waals surface area contributed by atoms with Gasteiger partial charge in [0.1, 0.15) is 17.6 Å². The Labute approximate surface area is 173 Å². The molecule has 3 aromatic rings. The summed E-state index contributed by atoms with van der Waals surface area (Å²) < 4.78 is 1.85. The van der Waals surface area contributed by atoms with E-state index in [4.69, 9.17) is 0 Å². The molecule has 0 spiro atoms. The van der Waals surface area contributed by atoms with Crippen LogP contribution in [-0.4, -0.2) is 33.5 Å². The number of piperidine rings is 1. The average molecular weight is 412 g/mol. The maximum absolute atomic E-state index is 12.9. The summed E-state index contributed by atoms with van der Waals surface area (Å²) in [5.74, 6) is 0.363. The summed E-state index contributed by atoms with van der Waals surface area (Å²) in [5.41, 5.74) is 2.16. The number of thiazole rings is 1. The molecule has 4 rings (SSSR count). The molecule has 3 heterocycles. The van der Waals surface area contributed by atoms with Crippen LogP contribution in [0, 0.1) is 5.92 Å². The zero-order valence-electron chi connectivity index (χ0n) is 16.7. The number of rotatable bonds is 5. The van der Waals surface area contributed by atoms with Gasteiger partial charge in [-0.2, -0.15) is 4.98 Å². The fourth-order valence-electron chi connectivity index (χ4n) is 3.63. The monoisotopic (exact) mass is 411 g/mol. The molecule has 1 amide bonds. The molecular weight excluding hydrogens is 386 g/mol. The van der Waals surface area contributed by atoms with Gasteiger partial charge in [0.15, 0.2) is 10.8 Å². The van der Waals surface area contributed by atoms with Crippen molar-refractivity contribution in [1.82, 2.24) is 14.5 Å². The van der Waals surface area contributed by atoms with Gasteiger partial charge in [-0.3, -0.25) is 14.2 Å². The van der Waals surface area contributed by atoms with Crippen LogP contribution in [0.1, 0.15) is 32.3 Å². The lowest BCUT2D eigenvalue weighted by Crippen LogP contribution is -2.34. The Morgan fingerprint density at radius 1 is 1.31 bits per heavy atom. The van der Waals surface area contributed by atoms with E-state index < -0.39 is 0 Å². The number of anilines is 2. The van der Waals surface area contributed by atoms with E-state index in [9.17, 15) is 9.59 Å². The third kappa shape index (κ3) is 4.32. The van der Waals surface area contributed by atoms with Crippen molar-refractivity contribution in [3.05, 3.63) is 46.5 Å². The number of amides is 1. The Morgan fingerprint density at radius 2 is 2.10 bits per heavy atom. The maximum Gasteiger partial charge on any atom is 0.273 e. The Balaban J connectivity index is 1.50. The molecule has 0 saturated carbocycles. The minimum atomic E-state index is -0.257. The zero-order chi connectivity index (χ0) is 20.4. The number of aryl methyl sites for hydroxylation is 1. The summed E-state index contributed by atoms with van der Waals surface area (Å²) >= 11 is 1.37. The van der Waals surface area contributed by atoms with E-state index >= 15 is 0 Å². The van der Waals surface area contributed by atoms with Crippen molar-refractivity contribution in [3.8, 4) is 0 Å². The van der Waals surface area contributed by atoms with Gasteiger partial charge in [-0.1, -0.05) is 37.3 Å². The van der Waals surface area contributed by atoms with E-state index in [1.165, 1.54) is 34.2 Å². The molecule has 1 aromatic carbocycles. The first kappa shape index (κ1) is 19.6. The third-order valence-corrected chi connectivity index (χ3v) is 6.35. The second-order valence-corrected chi connectivity index (χ2v) is 8.60. The number of hydrogen-bond donors (Lipinski definition) is 1. The molecular formula is C21H25N5O2S. The number of nitrogens with one attached hydrogen (secondary N) is 1. The minimum Gasteiger partial charge on any atom is -0.348 e. The van der Waals surface area contributed by atoms with Crippen molar-refractivity contribution < 1.29 is 4.79 Å². The topological polar surface area (TPSA) is 80.1 Å². The lowest BCUT2D eigenvalue weighted by molar-refractivity contribution is -0.116. The van der Waals surface area contributed by atoms with Crippen LogP contribution < -0.4 is 15.8 Å². The summed E-state index contributed by atoms with van der Waals surface area (Å²) in [4.78, 5) is 36.4. The Hall–Kier alpha value is -2.74. The summed E-state index contributed by atoms with van der Waals surface area (Å²) in [6, 6.07) is 7.71. The minimum absolute atomic E-state index is 0.0781. The lowest BCUT2D eigenvalue weighted by atomic mass is 10.0. The first-order valence-corrected chi connectivity index (χ1v) is 10.8. The van der Waals surface area contributed by atoms with E-state index in [1.54, 1.807) is 0 Å². The normalized spacial score (nSPS) is 16.9. The van der Waals surface area contributed by atoms with Gasteiger partial charge in [0.2, 0.25) is 5.91 Å². The van der Waals surface area contributed by atoms with E-state index in [0.29, 0.717) is 22.0 Å². The summed E-state index contributed by atoms with van der Waals surface area (Å²) in [5, 5.41) is 3.67. The zero-order valence-corrected chi connectivity index (χ0v) is 17.5. The predicted octanol–water partition coefficient (Wildman–Crippen LogP) is 3.29. The van der Waals surface area contributed by atoms with Gasteiger partial charge in [0.05, 0.1) is 0 Å². The molecule has 1 saturated heterocycles. The van der Waals surface area contributed by atoms with Crippen LogP contribution in [0.15, 0.2) is 35.4 Å². The number of nitrogens with zero attached hydrogens (tertiary/aromatic N) is 4. The largest absolute Gasteiger partial charge is 0.348 e. The first-order valence-electron chi connectivity index (χ1n) is 10.0. The van der Waals surface area contributed by atoms with Gasteiger partial charge >= 0.3 is 0 Å². The second-order valence-electron chi connectivity index (χ2n) is 7.62. The third-order valence-electron chi connectivity index (χ3n) is 5.26. The molecule has 0 aliphatic carbocycles. The second kappa shape index (κ2) is 8.32. The summed E-state index contributed by atoms with van der Waals surface area (Å²) in [6.45, 7) is 6.15. The van der Waals surface area contributed by atoms with Crippen molar-refractivity contribution in [3.63, 3.8) is 0 Å². The molecule has 152 valence electrons. The van der Waals surface area contributed by atoms with Gasteiger partial charge in [0, 0.05) is 18.8 Å². The molecule has 1 fully saturated rings. The highest BCUT2D eigenvalue weighted by atomic mass is 32.1. The number of benzene rings is 1. The number of carbonyl (C=O) groups excluding carboxylic acids is 1. The molecule has 2 aromatic heterocycles. The number of aromatic nitrogens is 3. The predicted molar refractivity (Wildman–Crippen MR) is 117 cm³/mol. The van der Waals surface area contributed by atoms with E-state index in [2.05, 4.69) is 34.0 Å². The van der Waals surface area contributed by atoms with Crippen molar-refractivity contribution >= 4 is 38.4 Å². The van der Waals surface area contributed by atoms with Gasteiger partial charge < -0.3 is 10.2 Å². The number of hydrogen-bond acceptors (Lipinski definition) is 6. The van der Waals surface area contributed by atoms with Crippen LogP contribution in [0.2, 0.25) is 0 Å². The van der Waals surface area contributed by atoms with Gasteiger partial charge in [0.25, 0.3) is 5.56 Å². The van der Waals surface area contributed by atoms with Crippen molar-refractivity contribution in [1.29, 1.82) is 0 Å². The molecule has 1 aliphatic heterocycles. The Bertz CT molecular complexity index is 1070. The Kier molecular flexibility index (Phi) is 5.62. The summed E-state index contributed by atoms with van der Waals surface area (Å²) in [6.07, 6.45) is 4.71. The van der Waals surface area contributed by atoms with Gasteiger partial charge in [-0.05, 0) is 42.9 Å². The molecule has 0 radical (unpaired) electrons. The molecule has 1 atom stereocenters. The van der Waals surface area contributed by atoms with Crippen LogP contribution in [-0.2, 0) is 17.8 Å². The van der Waals surface area contributed by atoms with Gasteiger partial charge in [-0.25, -0.2) is 4.98 Å². The lowest BCUT2D eigenvalue weighted by Gasteiger charge is -2.30. The molecule has 8 heteroatoms. The van der Waals surface area contributed by atoms with Crippen molar-refractivity contribution in [2.24, 2.45) is 5.92 Å². The van der Waals surface area contributed by atoms with Gasteiger partial charge in [-0.15, -0.1) is 0 Å². The standard InChI is InChI=1S/C21H25N5O2S/c1-3-15-6-8-16(9-7-15)23-17(27)12-26-13-22-19-18(20(26)28)29-21(24-19)25-10-4-5-14(2)11-25/h6-9,13-14H,3-5,10-12H2,1-2H3,(H,23,27). The fourth-order valence-corrected chi connectivity index (χ4v) is 4.63. The molecule has 1 unspecified atom stereocenters. The van der Waals surface area contributed by atoms with Crippen molar-refractivity contribution in [2.75, 3.05) is 23.3 Å². The maximum atomic E-state index is 12.9. The highest BCUT2D eigenvalue weighted by Crippen LogP contribution is 2.29. The van der Waals surface area contributed by atoms with Crippen LogP contribution in [0.3, 0.4) is 0 Å². The number of carbonyl (C=O) groups is 1. The van der Waals surface area contributed by atoms with Crippen LogP contribution in [0.4, 0.5) is 10.8 Å². The Morgan fingerprint density at radius 3 is 2.83 bits per heavy atom. The molecule has 0 bridgehead atoms. The summed E-state index contributed by atoms with van der Waals surface area (Å²) in [7, 11) is 0. The van der Waals surface area contributed by atoms with Crippen molar-refractivity contribution in [2.45, 2.75) is 39.7 Å².